The highest BCUT2D eigenvalue weighted by Gasteiger charge is 2.33. The van der Waals surface area contributed by atoms with E-state index in [1.807, 2.05) is 0 Å². The van der Waals surface area contributed by atoms with Gasteiger partial charge in [0.1, 0.15) is 6.10 Å². The summed E-state index contributed by atoms with van der Waals surface area (Å²) in [6.07, 6.45) is -2.71. The standard InChI is InChI=1S/C14H19NO9/c1-8(2)22-14(20)21-7-13(19)23-9(3)6-12(18)24-15-10(16)4-5-11(15)17/h8-9H,4-7H2,1-3H3. The van der Waals surface area contributed by atoms with E-state index in [0.29, 0.717) is 5.06 Å². The minimum absolute atomic E-state index is 0.0134. The molecule has 1 heterocycles. The number of hydroxylamine groups is 2. The molecule has 0 radical (unpaired) electrons. The highest BCUT2D eigenvalue weighted by Crippen LogP contribution is 2.13. The van der Waals surface area contributed by atoms with Crippen molar-refractivity contribution in [3.63, 3.8) is 0 Å². The molecule has 0 aromatic carbocycles. The summed E-state index contributed by atoms with van der Waals surface area (Å²) < 4.78 is 14.0. The van der Waals surface area contributed by atoms with Crippen molar-refractivity contribution in [2.75, 3.05) is 6.61 Å². The van der Waals surface area contributed by atoms with Gasteiger partial charge in [-0.15, -0.1) is 5.06 Å². The molecule has 0 bridgehead atoms. The zero-order valence-corrected chi connectivity index (χ0v) is 13.6. The summed E-state index contributed by atoms with van der Waals surface area (Å²) in [6.45, 7) is 3.96. The summed E-state index contributed by atoms with van der Waals surface area (Å²) in [7, 11) is 0. The van der Waals surface area contributed by atoms with Gasteiger partial charge in [-0.05, 0) is 20.8 Å². The van der Waals surface area contributed by atoms with Crippen LogP contribution in [-0.2, 0) is 38.2 Å². The molecular weight excluding hydrogens is 326 g/mol. The van der Waals surface area contributed by atoms with Crippen LogP contribution in [0.15, 0.2) is 0 Å². The Balaban J connectivity index is 2.29. The predicted molar refractivity (Wildman–Crippen MR) is 74.9 cm³/mol. The van der Waals surface area contributed by atoms with E-state index in [2.05, 4.69) is 14.3 Å². The van der Waals surface area contributed by atoms with Crippen LogP contribution < -0.4 is 0 Å². The van der Waals surface area contributed by atoms with Gasteiger partial charge in [-0.2, -0.15) is 0 Å². The maximum Gasteiger partial charge on any atom is 0.509 e. The first-order chi connectivity index (χ1) is 11.2. The number of carbonyl (C=O) groups excluding carboxylic acids is 5. The van der Waals surface area contributed by atoms with Gasteiger partial charge in [0.25, 0.3) is 11.8 Å². The van der Waals surface area contributed by atoms with Crippen molar-refractivity contribution in [3.8, 4) is 0 Å². The largest absolute Gasteiger partial charge is 0.509 e. The molecule has 1 unspecified atom stereocenters. The van der Waals surface area contributed by atoms with Gasteiger partial charge in [0.05, 0.1) is 12.5 Å². The molecule has 24 heavy (non-hydrogen) atoms. The number of carbonyl (C=O) groups is 5. The summed E-state index contributed by atoms with van der Waals surface area (Å²) in [5.74, 6) is -2.99. The monoisotopic (exact) mass is 345 g/mol. The second kappa shape index (κ2) is 8.85. The molecule has 1 aliphatic heterocycles. The number of esters is 1. The smallest absolute Gasteiger partial charge is 0.460 e. The van der Waals surface area contributed by atoms with Crippen LogP contribution in [0.3, 0.4) is 0 Å². The molecule has 0 spiro atoms. The molecule has 1 atom stereocenters. The van der Waals surface area contributed by atoms with E-state index in [9.17, 15) is 24.0 Å². The van der Waals surface area contributed by atoms with Crippen LogP contribution in [0.2, 0.25) is 0 Å². The molecule has 1 fully saturated rings. The average Bonchev–Trinajstić information content (AvgIpc) is 2.76. The van der Waals surface area contributed by atoms with Crippen LogP contribution in [0.1, 0.15) is 40.0 Å². The van der Waals surface area contributed by atoms with E-state index in [1.54, 1.807) is 13.8 Å². The van der Waals surface area contributed by atoms with Crippen molar-refractivity contribution in [1.82, 2.24) is 5.06 Å². The van der Waals surface area contributed by atoms with Crippen molar-refractivity contribution in [1.29, 1.82) is 0 Å². The number of ether oxygens (including phenoxy) is 3. The quantitative estimate of drug-likeness (QED) is 0.478. The molecule has 0 aromatic rings. The van der Waals surface area contributed by atoms with E-state index in [1.165, 1.54) is 6.92 Å². The molecule has 10 heteroatoms. The fourth-order valence-electron chi connectivity index (χ4n) is 1.68. The van der Waals surface area contributed by atoms with E-state index in [4.69, 9.17) is 4.74 Å². The molecule has 0 aromatic heterocycles. The van der Waals surface area contributed by atoms with Crippen LogP contribution in [0.25, 0.3) is 0 Å². The SMILES string of the molecule is CC(C)OC(=O)OCC(=O)OC(C)CC(=O)ON1C(=O)CCC1=O. The first kappa shape index (κ1) is 19.4. The Morgan fingerprint density at radius 1 is 1.00 bits per heavy atom. The fraction of sp³-hybridized carbons (Fsp3) is 0.643. The molecule has 0 N–H and O–H groups in total. The maximum absolute atomic E-state index is 11.6. The maximum atomic E-state index is 11.6. The normalized spacial score (nSPS) is 15.2. The van der Waals surface area contributed by atoms with Crippen molar-refractivity contribution in [3.05, 3.63) is 0 Å². The molecule has 1 saturated heterocycles. The van der Waals surface area contributed by atoms with Crippen molar-refractivity contribution in [2.45, 2.75) is 52.2 Å². The Morgan fingerprint density at radius 3 is 2.12 bits per heavy atom. The second-order valence-corrected chi connectivity index (χ2v) is 5.26. The van der Waals surface area contributed by atoms with Crippen molar-refractivity contribution >= 4 is 29.9 Å². The van der Waals surface area contributed by atoms with Gasteiger partial charge < -0.3 is 19.0 Å². The number of hydrogen-bond donors (Lipinski definition) is 0. The number of amides is 2. The Bertz CT molecular complexity index is 512. The molecule has 134 valence electrons. The Kier molecular flexibility index (Phi) is 7.15. The highest BCUT2D eigenvalue weighted by atomic mass is 16.7. The van der Waals surface area contributed by atoms with Crippen molar-refractivity contribution in [2.24, 2.45) is 0 Å². The Hall–Kier alpha value is -2.65. The van der Waals surface area contributed by atoms with E-state index < -0.39 is 48.7 Å². The third-order valence-corrected chi connectivity index (χ3v) is 2.63. The zero-order chi connectivity index (χ0) is 18.3. The van der Waals surface area contributed by atoms with E-state index in [0.717, 1.165) is 0 Å². The predicted octanol–water partition coefficient (Wildman–Crippen LogP) is 0.477. The minimum Gasteiger partial charge on any atom is -0.460 e. The molecule has 1 aliphatic rings. The summed E-state index contributed by atoms with van der Waals surface area (Å²) in [4.78, 5) is 61.3. The summed E-state index contributed by atoms with van der Waals surface area (Å²) in [6, 6.07) is 0. The first-order valence-corrected chi connectivity index (χ1v) is 7.28. The molecule has 2 amide bonds. The number of nitrogens with zero attached hydrogens (tertiary/aromatic N) is 1. The minimum atomic E-state index is -1.01. The molecule has 1 rings (SSSR count). The van der Waals surface area contributed by atoms with Crippen LogP contribution >= 0.6 is 0 Å². The van der Waals surface area contributed by atoms with Crippen LogP contribution in [-0.4, -0.2) is 53.8 Å². The van der Waals surface area contributed by atoms with E-state index in [-0.39, 0.29) is 19.3 Å². The molecule has 0 aliphatic carbocycles. The van der Waals surface area contributed by atoms with Crippen LogP contribution in [0.5, 0.6) is 0 Å². The number of imide groups is 1. The lowest BCUT2D eigenvalue weighted by Crippen LogP contribution is -2.33. The number of hydrogen-bond acceptors (Lipinski definition) is 9. The van der Waals surface area contributed by atoms with Gasteiger partial charge in [-0.25, -0.2) is 14.4 Å². The van der Waals surface area contributed by atoms with Gasteiger partial charge in [0.2, 0.25) is 0 Å². The molecular formula is C14H19NO9. The average molecular weight is 345 g/mol. The van der Waals surface area contributed by atoms with E-state index >= 15 is 0 Å². The van der Waals surface area contributed by atoms with Gasteiger partial charge >= 0.3 is 18.1 Å². The van der Waals surface area contributed by atoms with Gasteiger partial charge in [0, 0.05) is 12.8 Å². The zero-order valence-electron chi connectivity index (χ0n) is 13.6. The third kappa shape index (κ3) is 6.63. The summed E-state index contributed by atoms with van der Waals surface area (Å²) >= 11 is 0. The number of rotatable bonds is 7. The van der Waals surface area contributed by atoms with Crippen molar-refractivity contribution < 1.29 is 43.0 Å². The second-order valence-electron chi connectivity index (χ2n) is 5.26. The summed E-state index contributed by atoms with van der Waals surface area (Å²) in [5, 5.41) is 0.405. The lowest BCUT2D eigenvalue weighted by molar-refractivity contribution is -0.199. The first-order valence-electron chi connectivity index (χ1n) is 7.28. The van der Waals surface area contributed by atoms with Crippen LogP contribution in [0, 0.1) is 0 Å². The lowest BCUT2D eigenvalue weighted by atomic mass is 10.3. The Labute approximate surface area is 137 Å². The lowest BCUT2D eigenvalue weighted by Gasteiger charge is -2.16. The van der Waals surface area contributed by atoms with Gasteiger partial charge in [0.15, 0.2) is 6.61 Å². The highest BCUT2D eigenvalue weighted by molar-refractivity contribution is 6.01. The van der Waals surface area contributed by atoms with Gasteiger partial charge in [-0.1, -0.05) is 0 Å². The van der Waals surface area contributed by atoms with Gasteiger partial charge in [-0.3, -0.25) is 9.59 Å². The Morgan fingerprint density at radius 2 is 1.58 bits per heavy atom. The third-order valence-electron chi connectivity index (χ3n) is 2.63. The summed E-state index contributed by atoms with van der Waals surface area (Å²) in [5.41, 5.74) is 0. The molecule has 0 saturated carbocycles. The van der Waals surface area contributed by atoms with Crippen LogP contribution in [0.4, 0.5) is 4.79 Å². The fourth-order valence-corrected chi connectivity index (χ4v) is 1.68. The molecule has 10 nitrogen and oxygen atoms in total. The topological polar surface area (TPSA) is 126 Å².